The summed E-state index contributed by atoms with van der Waals surface area (Å²) in [6.07, 6.45) is 0. The molecule has 0 radical (unpaired) electrons. The molecule has 15 heavy (non-hydrogen) atoms. The van der Waals surface area contributed by atoms with Crippen molar-refractivity contribution < 1.29 is 14.6 Å². The molecule has 0 aliphatic heterocycles. The Hall–Kier alpha value is -1.55. The molecule has 0 unspecified atom stereocenters. The highest BCUT2D eigenvalue weighted by Gasteiger charge is 2.17. The number of nitrogens with two attached hydrogens (primary N) is 1. The van der Waals surface area contributed by atoms with Crippen LogP contribution in [0.1, 0.15) is 22.7 Å². The van der Waals surface area contributed by atoms with Gasteiger partial charge in [-0.2, -0.15) is 0 Å². The predicted octanol–water partition coefficient (Wildman–Crippen LogP) is 1.18. The van der Waals surface area contributed by atoms with Crippen LogP contribution in [0.5, 0.6) is 5.75 Å². The molecule has 0 fully saturated rings. The first-order chi connectivity index (χ1) is 6.97. The molecule has 0 amide bonds. The molecule has 0 saturated heterocycles. The van der Waals surface area contributed by atoms with E-state index in [4.69, 9.17) is 5.73 Å². The average Bonchev–Trinajstić information content (AvgIpc) is 2.23. The highest BCUT2D eigenvalue weighted by atomic mass is 16.5. The number of aryl methyl sites for hydroxylation is 2. The molecule has 1 rings (SSSR count). The molecule has 1 aromatic rings. The molecule has 0 aromatic heterocycles. The number of carbonyl (C=O) groups is 1. The minimum atomic E-state index is -0.798. The summed E-state index contributed by atoms with van der Waals surface area (Å²) in [5.41, 5.74) is 7.73. The number of aromatic hydroxyl groups is 1. The molecule has 82 valence electrons. The van der Waals surface area contributed by atoms with Gasteiger partial charge in [-0.1, -0.05) is 12.1 Å². The lowest BCUT2D eigenvalue weighted by Crippen LogP contribution is -2.22. The zero-order chi connectivity index (χ0) is 11.6. The molecule has 4 heteroatoms. The lowest BCUT2D eigenvalue weighted by Gasteiger charge is -2.12. The van der Waals surface area contributed by atoms with Gasteiger partial charge >= 0.3 is 5.97 Å². The Balaban J connectivity index is 3.11. The van der Waals surface area contributed by atoms with Gasteiger partial charge in [-0.3, -0.25) is 4.79 Å². The van der Waals surface area contributed by atoms with Gasteiger partial charge in [-0.15, -0.1) is 0 Å². The lowest BCUT2D eigenvalue weighted by molar-refractivity contribution is -0.142. The van der Waals surface area contributed by atoms with Crippen LogP contribution in [0.4, 0.5) is 0 Å². The monoisotopic (exact) mass is 209 g/mol. The van der Waals surface area contributed by atoms with Crippen molar-refractivity contribution in [1.29, 1.82) is 0 Å². The van der Waals surface area contributed by atoms with Crippen LogP contribution in [0.15, 0.2) is 12.1 Å². The van der Waals surface area contributed by atoms with Gasteiger partial charge in [0.15, 0.2) is 0 Å². The number of hydrogen-bond acceptors (Lipinski definition) is 4. The first-order valence-corrected chi connectivity index (χ1v) is 4.61. The number of hydrogen-bond donors (Lipinski definition) is 2. The van der Waals surface area contributed by atoms with Crippen molar-refractivity contribution >= 4 is 5.97 Å². The summed E-state index contributed by atoms with van der Waals surface area (Å²) < 4.78 is 4.55. The Morgan fingerprint density at radius 3 is 2.27 bits per heavy atom. The van der Waals surface area contributed by atoms with Crippen molar-refractivity contribution in [3.05, 3.63) is 28.8 Å². The largest absolute Gasteiger partial charge is 0.507 e. The zero-order valence-electron chi connectivity index (χ0n) is 9.07. The van der Waals surface area contributed by atoms with Gasteiger partial charge in [0.25, 0.3) is 0 Å². The third kappa shape index (κ3) is 2.27. The van der Waals surface area contributed by atoms with E-state index >= 15 is 0 Å². The van der Waals surface area contributed by atoms with E-state index in [1.54, 1.807) is 26.0 Å². The molecule has 0 aliphatic rings. The summed E-state index contributed by atoms with van der Waals surface area (Å²) in [4.78, 5) is 11.2. The van der Waals surface area contributed by atoms with Crippen LogP contribution in [0.25, 0.3) is 0 Å². The van der Waals surface area contributed by atoms with Gasteiger partial charge in [0.05, 0.1) is 7.11 Å². The summed E-state index contributed by atoms with van der Waals surface area (Å²) in [7, 11) is 1.29. The summed E-state index contributed by atoms with van der Waals surface area (Å²) in [6, 6.07) is 2.57. The summed E-state index contributed by atoms with van der Waals surface area (Å²) in [5.74, 6) is -0.254. The van der Waals surface area contributed by atoms with E-state index in [0.29, 0.717) is 16.7 Å². The van der Waals surface area contributed by atoms with Crippen LogP contribution >= 0.6 is 0 Å². The molecule has 3 N–H and O–H groups in total. The molecule has 0 aliphatic carbocycles. The SMILES string of the molecule is COC(=O)[C@H](N)c1cc(C)c(O)c(C)c1. The van der Waals surface area contributed by atoms with E-state index in [2.05, 4.69) is 4.74 Å². The van der Waals surface area contributed by atoms with Gasteiger partial charge in [0, 0.05) is 0 Å². The summed E-state index contributed by atoms with van der Waals surface area (Å²) in [6.45, 7) is 3.52. The Morgan fingerprint density at radius 1 is 1.40 bits per heavy atom. The average molecular weight is 209 g/mol. The maximum atomic E-state index is 11.2. The number of carbonyl (C=O) groups excluding carboxylic acids is 1. The van der Waals surface area contributed by atoms with Crippen LogP contribution in [-0.4, -0.2) is 18.2 Å². The fourth-order valence-electron chi connectivity index (χ4n) is 1.43. The van der Waals surface area contributed by atoms with Crippen molar-refractivity contribution in [2.45, 2.75) is 19.9 Å². The highest BCUT2D eigenvalue weighted by molar-refractivity contribution is 5.77. The second-order valence-corrected chi connectivity index (χ2v) is 3.50. The molecule has 0 heterocycles. The molecule has 0 spiro atoms. The molecule has 1 atom stereocenters. The molecule has 0 saturated carbocycles. The number of esters is 1. The molecule has 1 aromatic carbocycles. The maximum Gasteiger partial charge on any atom is 0.327 e. The number of ether oxygens (including phenoxy) is 1. The Kier molecular flexibility index (Phi) is 3.31. The van der Waals surface area contributed by atoms with E-state index in [1.807, 2.05) is 0 Å². The number of rotatable bonds is 2. The Labute approximate surface area is 88.7 Å². The number of phenolic OH excluding ortho intramolecular Hbond substituents is 1. The van der Waals surface area contributed by atoms with Crippen LogP contribution < -0.4 is 5.73 Å². The number of phenols is 1. The minimum absolute atomic E-state index is 0.232. The highest BCUT2D eigenvalue weighted by Crippen LogP contribution is 2.25. The first kappa shape index (κ1) is 11.5. The van der Waals surface area contributed by atoms with Crippen LogP contribution in [0.3, 0.4) is 0 Å². The second-order valence-electron chi connectivity index (χ2n) is 3.50. The molecular weight excluding hydrogens is 194 g/mol. The van der Waals surface area contributed by atoms with E-state index < -0.39 is 12.0 Å². The Morgan fingerprint density at radius 2 is 1.87 bits per heavy atom. The summed E-state index contributed by atoms with van der Waals surface area (Å²) in [5, 5.41) is 9.55. The fraction of sp³-hybridized carbons (Fsp3) is 0.364. The van der Waals surface area contributed by atoms with E-state index in [-0.39, 0.29) is 5.75 Å². The van der Waals surface area contributed by atoms with Crippen LogP contribution in [0, 0.1) is 13.8 Å². The Bertz CT molecular complexity index is 364. The van der Waals surface area contributed by atoms with Gasteiger partial charge < -0.3 is 15.6 Å². The van der Waals surface area contributed by atoms with Crippen molar-refractivity contribution in [1.82, 2.24) is 0 Å². The smallest absolute Gasteiger partial charge is 0.327 e. The van der Waals surface area contributed by atoms with Gasteiger partial charge in [-0.05, 0) is 30.5 Å². The van der Waals surface area contributed by atoms with Crippen LogP contribution in [0.2, 0.25) is 0 Å². The lowest BCUT2D eigenvalue weighted by atomic mass is 10.0. The molecular formula is C11H15NO3. The van der Waals surface area contributed by atoms with Gasteiger partial charge in [0.1, 0.15) is 11.8 Å². The maximum absolute atomic E-state index is 11.2. The van der Waals surface area contributed by atoms with E-state index in [9.17, 15) is 9.90 Å². The van der Waals surface area contributed by atoms with E-state index in [0.717, 1.165) is 0 Å². The predicted molar refractivity (Wildman–Crippen MR) is 56.5 cm³/mol. The van der Waals surface area contributed by atoms with Crippen molar-refractivity contribution in [3.63, 3.8) is 0 Å². The minimum Gasteiger partial charge on any atom is -0.507 e. The standard InChI is InChI=1S/C11H15NO3/c1-6-4-8(5-7(2)10(6)13)9(12)11(14)15-3/h4-5,9,13H,12H2,1-3H3/t9-/m1/s1. The van der Waals surface area contributed by atoms with Crippen molar-refractivity contribution in [2.24, 2.45) is 5.73 Å². The second kappa shape index (κ2) is 4.31. The fourth-order valence-corrected chi connectivity index (χ4v) is 1.43. The topological polar surface area (TPSA) is 72.5 Å². The van der Waals surface area contributed by atoms with Gasteiger partial charge in [-0.25, -0.2) is 0 Å². The van der Waals surface area contributed by atoms with Crippen molar-refractivity contribution in [2.75, 3.05) is 7.11 Å². The summed E-state index contributed by atoms with van der Waals surface area (Å²) >= 11 is 0. The third-order valence-electron chi connectivity index (χ3n) is 2.33. The quantitative estimate of drug-likeness (QED) is 0.717. The van der Waals surface area contributed by atoms with Crippen molar-refractivity contribution in [3.8, 4) is 5.75 Å². The number of benzene rings is 1. The molecule has 4 nitrogen and oxygen atoms in total. The number of methoxy groups -OCH3 is 1. The zero-order valence-corrected chi connectivity index (χ0v) is 9.07. The third-order valence-corrected chi connectivity index (χ3v) is 2.33. The van der Waals surface area contributed by atoms with E-state index in [1.165, 1.54) is 7.11 Å². The first-order valence-electron chi connectivity index (χ1n) is 4.61. The van der Waals surface area contributed by atoms with Gasteiger partial charge in [0.2, 0.25) is 0 Å². The van der Waals surface area contributed by atoms with Crippen LogP contribution in [-0.2, 0) is 9.53 Å². The normalized spacial score (nSPS) is 12.3. The molecule has 0 bridgehead atoms.